The van der Waals surface area contributed by atoms with Crippen molar-refractivity contribution in [1.82, 2.24) is 0 Å². The summed E-state index contributed by atoms with van der Waals surface area (Å²) in [5, 5.41) is 12.0. The van der Waals surface area contributed by atoms with Gasteiger partial charge in [0.25, 0.3) is 5.69 Å². The number of ether oxygens (including phenoxy) is 2. The van der Waals surface area contributed by atoms with Crippen LogP contribution in [-0.2, 0) is 6.42 Å². The summed E-state index contributed by atoms with van der Waals surface area (Å²) in [6.45, 7) is 0. The normalized spacial score (nSPS) is 11.3. The third-order valence-electron chi connectivity index (χ3n) is 5.57. The molecular weight excluding hydrogens is 462 g/mol. The van der Waals surface area contributed by atoms with Gasteiger partial charge in [0.05, 0.1) is 25.1 Å². The summed E-state index contributed by atoms with van der Waals surface area (Å²) in [7, 11) is 3.17. The Morgan fingerprint density at radius 3 is 2.43 bits per heavy atom. The van der Waals surface area contributed by atoms with Crippen LogP contribution in [0.25, 0.3) is 0 Å². The van der Waals surface area contributed by atoms with Gasteiger partial charge < -0.3 is 9.47 Å². The van der Waals surface area contributed by atoms with Gasteiger partial charge in [-0.2, -0.15) is 0 Å². The Balaban J connectivity index is 1.82. The fourth-order valence-corrected chi connectivity index (χ4v) is 4.64. The van der Waals surface area contributed by atoms with Crippen molar-refractivity contribution in [1.29, 1.82) is 0 Å². The van der Waals surface area contributed by atoms with E-state index in [2.05, 4.69) is 16.8 Å². The van der Waals surface area contributed by atoms with Crippen LogP contribution in [0.4, 0.5) is 10.8 Å². The van der Waals surface area contributed by atoms with Crippen LogP contribution in [0.5, 0.6) is 11.5 Å². The molecule has 0 spiro atoms. The van der Waals surface area contributed by atoms with Crippen molar-refractivity contribution >= 4 is 22.2 Å². The van der Waals surface area contributed by atoms with Crippen LogP contribution in [0.3, 0.4) is 0 Å². The maximum Gasteiger partial charge on any atom is 0.330 e. The molecule has 35 heavy (non-hydrogen) atoms. The summed E-state index contributed by atoms with van der Waals surface area (Å²) in [4.78, 5) is 15.1. The minimum atomic E-state index is -0.406. The molecule has 0 aliphatic carbocycles. The van der Waals surface area contributed by atoms with E-state index in [1.807, 2.05) is 54.6 Å². The van der Waals surface area contributed by atoms with E-state index in [4.69, 9.17) is 15.2 Å². The summed E-state index contributed by atoms with van der Waals surface area (Å²) >= 11 is 1.38. The number of H-pyrrole nitrogens is 1. The monoisotopic (exact) mass is 486 g/mol. The summed E-state index contributed by atoms with van der Waals surface area (Å²) < 4.78 is 10.9. The van der Waals surface area contributed by atoms with Crippen LogP contribution in [0.15, 0.2) is 72.8 Å². The second-order valence-corrected chi connectivity index (χ2v) is 8.79. The van der Waals surface area contributed by atoms with E-state index in [1.165, 1.54) is 17.4 Å². The Labute approximate surface area is 207 Å². The number of thiazole rings is 1. The van der Waals surface area contributed by atoms with Crippen molar-refractivity contribution in [3.05, 3.63) is 110 Å². The average Bonchev–Trinajstić information content (AvgIpc) is 3.26. The maximum absolute atomic E-state index is 11.4. The smallest absolute Gasteiger partial charge is 0.330 e. The number of aromatic nitrogens is 1. The van der Waals surface area contributed by atoms with E-state index in [9.17, 15) is 10.1 Å². The van der Waals surface area contributed by atoms with E-state index in [-0.39, 0.29) is 11.6 Å². The molecule has 0 radical (unpaired) electrons. The summed E-state index contributed by atoms with van der Waals surface area (Å²) in [5.74, 6) is 7.56. The molecule has 0 saturated heterocycles. The largest absolute Gasteiger partial charge is 0.497 e. The number of hydrogen-bond acceptors (Lipinski definition) is 6. The number of hydrogen-bond donors (Lipinski definition) is 1. The van der Waals surface area contributed by atoms with Crippen LogP contribution in [0, 0.1) is 22.0 Å². The summed E-state index contributed by atoms with van der Waals surface area (Å²) in [6, 6.07) is 22.1. The quantitative estimate of drug-likeness (QED) is 0.229. The minimum absolute atomic E-state index is 0.00665. The molecule has 0 aliphatic heterocycles. The first-order valence-corrected chi connectivity index (χ1v) is 11.6. The molecule has 0 aliphatic rings. The molecule has 0 bridgehead atoms. The van der Waals surface area contributed by atoms with Crippen molar-refractivity contribution in [2.24, 2.45) is 0 Å². The van der Waals surface area contributed by atoms with Gasteiger partial charge in [0.15, 0.2) is 0 Å². The van der Waals surface area contributed by atoms with Gasteiger partial charge in [0.2, 0.25) is 0 Å². The topological polar surface area (TPSA) is 102 Å². The molecule has 0 saturated carbocycles. The number of nitro benzene ring substituents is 1. The van der Waals surface area contributed by atoms with E-state index in [1.54, 1.807) is 26.4 Å². The standard InChI is InChI=1S/C27H23N3O4S/c1-33-22-12-9-19(10-13-22)23(17-20-16-21(30(31)32)11-14-24(20)34-2)26-25(35-27(28)29-26)15-8-18-6-4-3-5-7-18/h3-7,9-14,16,23H,17H2,1-2H3,(H2,28,29)/p+1. The number of nitrogens with one attached hydrogen (secondary N) is 1. The molecular formula is C27H24N3O4S+. The van der Waals surface area contributed by atoms with Gasteiger partial charge in [0, 0.05) is 23.3 Å². The highest BCUT2D eigenvalue weighted by Crippen LogP contribution is 2.35. The van der Waals surface area contributed by atoms with Crippen molar-refractivity contribution in [2.75, 3.05) is 20.0 Å². The molecule has 3 aromatic carbocycles. The summed E-state index contributed by atoms with van der Waals surface area (Å²) in [5.41, 5.74) is 9.62. The number of nitrogen functional groups attached to an aromatic ring is 1. The number of nitrogens with zero attached hydrogens (tertiary/aromatic N) is 1. The van der Waals surface area contributed by atoms with Crippen molar-refractivity contribution in [2.45, 2.75) is 12.3 Å². The molecule has 4 rings (SSSR count). The molecule has 176 valence electrons. The zero-order valence-electron chi connectivity index (χ0n) is 19.3. The number of nitro groups is 1. The zero-order chi connectivity index (χ0) is 24.8. The van der Waals surface area contributed by atoms with Gasteiger partial charge in [0.1, 0.15) is 22.1 Å². The van der Waals surface area contributed by atoms with Crippen LogP contribution in [0.1, 0.15) is 33.2 Å². The fraction of sp³-hybridized carbons (Fsp3) is 0.148. The molecule has 0 amide bonds. The first kappa shape index (κ1) is 23.8. The predicted molar refractivity (Wildman–Crippen MR) is 136 cm³/mol. The number of aromatic amines is 1. The SMILES string of the molecule is COc1ccc(C(Cc2cc([N+](=O)[O-])ccc2OC)c2[nH+]c(N)sc2C#Cc2ccccc2)cc1. The van der Waals surface area contributed by atoms with Gasteiger partial charge in [-0.05, 0) is 59.6 Å². The van der Waals surface area contributed by atoms with Crippen LogP contribution < -0.4 is 20.2 Å². The number of non-ortho nitro benzene ring substituents is 1. The Morgan fingerprint density at radius 1 is 1.03 bits per heavy atom. The third kappa shape index (κ3) is 5.60. The van der Waals surface area contributed by atoms with E-state index in [0.29, 0.717) is 22.9 Å². The highest BCUT2D eigenvalue weighted by molar-refractivity contribution is 7.15. The van der Waals surface area contributed by atoms with Gasteiger partial charge in [-0.15, -0.1) is 0 Å². The van der Waals surface area contributed by atoms with Crippen LogP contribution in [0.2, 0.25) is 0 Å². The zero-order valence-corrected chi connectivity index (χ0v) is 20.1. The van der Waals surface area contributed by atoms with Gasteiger partial charge >= 0.3 is 5.13 Å². The predicted octanol–water partition coefficient (Wildman–Crippen LogP) is 4.84. The lowest BCUT2D eigenvalue weighted by Crippen LogP contribution is -2.18. The van der Waals surface area contributed by atoms with E-state index < -0.39 is 4.92 Å². The molecule has 1 unspecified atom stereocenters. The number of rotatable bonds is 7. The minimum Gasteiger partial charge on any atom is -0.497 e. The van der Waals surface area contributed by atoms with Gasteiger partial charge in [-0.1, -0.05) is 36.3 Å². The molecule has 4 aromatic rings. The lowest BCUT2D eigenvalue weighted by molar-refractivity contribution is -0.385. The van der Waals surface area contributed by atoms with Crippen LogP contribution >= 0.6 is 11.3 Å². The van der Waals surface area contributed by atoms with Crippen LogP contribution in [-0.4, -0.2) is 19.1 Å². The van der Waals surface area contributed by atoms with Crippen molar-refractivity contribution < 1.29 is 19.4 Å². The number of methoxy groups -OCH3 is 2. The number of anilines is 1. The number of benzene rings is 3. The molecule has 0 fully saturated rings. The first-order chi connectivity index (χ1) is 17.0. The average molecular weight is 487 g/mol. The highest BCUT2D eigenvalue weighted by Gasteiger charge is 2.27. The van der Waals surface area contributed by atoms with Crippen molar-refractivity contribution in [3.8, 4) is 23.3 Å². The van der Waals surface area contributed by atoms with Gasteiger partial charge in [-0.3, -0.25) is 15.8 Å². The Hall–Kier alpha value is -4.35. The molecule has 1 heterocycles. The second kappa shape index (κ2) is 10.7. The molecule has 3 N–H and O–H groups in total. The lowest BCUT2D eigenvalue weighted by Gasteiger charge is -2.17. The first-order valence-electron chi connectivity index (χ1n) is 10.8. The highest BCUT2D eigenvalue weighted by atomic mass is 32.1. The fourth-order valence-electron chi connectivity index (χ4n) is 3.85. The van der Waals surface area contributed by atoms with E-state index >= 15 is 0 Å². The Bertz CT molecular complexity index is 1390. The summed E-state index contributed by atoms with van der Waals surface area (Å²) in [6.07, 6.45) is 0.434. The lowest BCUT2D eigenvalue weighted by atomic mass is 9.88. The van der Waals surface area contributed by atoms with Gasteiger partial charge in [-0.25, -0.2) is 4.98 Å². The molecule has 7 nitrogen and oxygen atoms in total. The second-order valence-electron chi connectivity index (χ2n) is 7.73. The molecule has 1 atom stereocenters. The Kier molecular flexibility index (Phi) is 7.29. The molecule has 8 heteroatoms. The Morgan fingerprint density at radius 2 is 1.77 bits per heavy atom. The molecule has 1 aromatic heterocycles. The maximum atomic E-state index is 11.4. The third-order valence-corrected chi connectivity index (χ3v) is 6.42. The number of nitrogens with two attached hydrogens (primary N) is 1. The van der Waals surface area contributed by atoms with E-state index in [0.717, 1.165) is 27.4 Å². The van der Waals surface area contributed by atoms with Crippen molar-refractivity contribution in [3.63, 3.8) is 0 Å².